The first-order valence-corrected chi connectivity index (χ1v) is 9.21. The van der Waals surface area contributed by atoms with E-state index in [9.17, 15) is 13.2 Å². The normalized spacial score (nSPS) is 12.5. The number of aromatic nitrogens is 1. The van der Waals surface area contributed by atoms with Gasteiger partial charge in [0.25, 0.3) is 5.91 Å². The SMILES string of the molecule is COc1ncccc1C(=O)N(C)C(C)c1ccc(S(C)(=O)=O)cc1. The molecule has 0 saturated heterocycles. The van der Waals surface area contributed by atoms with Gasteiger partial charge in [-0.15, -0.1) is 0 Å². The van der Waals surface area contributed by atoms with Gasteiger partial charge in [-0.05, 0) is 36.8 Å². The van der Waals surface area contributed by atoms with Crippen LogP contribution in [0, 0.1) is 0 Å². The number of amides is 1. The molecule has 0 aliphatic carbocycles. The lowest BCUT2D eigenvalue weighted by atomic mass is 10.1. The molecule has 0 saturated carbocycles. The van der Waals surface area contributed by atoms with Crippen molar-refractivity contribution in [3.8, 4) is 5.88 Å². The molecule has 0 bridgehead atoms. The van der Waals surface area contributed by atoms with Crippen molar-refractivity contribution in [3.05, 3.63) is 53.7 Å². The zero-order chi connectivity index (χ0) is 17.9. The summed E-state index contributed by atoms with van der Waals surface area (Å²) in [4.78, 5) is 18.5. The monoisotopic (exact) mass is 348 g/mol. The van der Waals surface area contributed by atoms with Crippen molar-refractivity contribution in [2.75, 3.05) is 20.4 Å². The highest BCUT2D eigenvalue weighted by atomic mass is 32.2. The van der Waals surface area contributed by atoms with Crippen LogP contribution >= 0.6 is 0 Å². The number of benzene rings is 1. The predicted octanol–water partition coefficient (Wildman–Crippen LogP) is 2.33. The minimum Gasteiger partial charge on any atom is -0.480 e. The summed E-state index contributed by atoms with van der Waals surface area (Å²) in [6.45, 7) is 1.87. The van der Waals surface area contributed by atoms with Gasteiger partial charge in [0.15, 0.2) is 9.84 Å². The number of nitrogens with zero attached hydrogens (tertiary/aromatic N) is 2. The number of pyridine rings is 1. The quantitative estimate of drug-likeness (QED) is 0.829. The highest BCUT2D eigenvalue weighted by molar-refractivity contribution is 7.90. The van der Waals surface area contributed by atoms with E-state index in [1.807, 2.05) is 6.92 Å². The molecule has 1 heterocycles. The number of hydrogen-bond acceptors (Lipinski definition) is 5. The van der Waals surface area contributed by atoms with Crippen molar-refractivity contribution in [2.45, 2.75) is 17.9 Å². The molecule has 0 radical (unpaired) electrons. The highest BCUT2D eigenvalue weighted by Crippen LogP contribution is 2.24. The van der Waals surface area contributed by atoms with Crippen LogP contribution in [0.4, 0.5) is 0 Å². The molecule has 1 aromatic carbocycles. The van der Waals surface area contributed by atoms with Crippen molar-refractivity contribution in [3.63, 3.8) is 0 Å². The molecule has 0 N–H and O–H groups in total. The van der Waals surface area contributed by atoms with E-state index in [0.717, 1.165) is 11.8 Å². The fourth-order valence-corrected chi connectivity index (χ4v) is 2.93. The molecular weight excluding hydrogens is 328 g/mol. The van der Waals surface area contributed by atoms with Crippen LogP contribution in [0.25, 0.3) is 0 Å². The summed E-state index contributed by atoms with van der Waals surface area (Å²) < 4.78 is 28.2. The van der Waals surface area contributed by atoms with E-state index < -0.39 is 9.84 Å². The maximum atomic E-state index is 12.7. The lowest BCUT2D eigenvalue weighted by molar-refractivity contribution is 0.0738. The zero-order valence-corrected chi connectivity index (χ0v) is 14.9. The topological polar surface area (TPSA) is 76.6 Å². The third-order valence-corrected chi connectivity index (χ3v) is 5.02. The second kappa shape index (κ2) is 7.00. The summed E-state index contributed by atoms with van der Waals surface area (Å²) >= 11 is 0. The molecule has 0 spiro atoms. The maximum Gasteiger partial charge on any atom is 0.259 e. The minimum atomic E-state index is -3.24. The molecule has 1 unspecified atom stereocenters. The Bertz CT molecular complexity index is 832. The van der Waals surface area contributed by atoms with Crippen LogP contribution in [0.2, 0.25) is 0 Å². The predicted molar refractivity (Wildman–Crippen MR) is 90.8 cm³/mol. The van der Waals surface area contributed by atoms with Crippen LogP contribution in [0.15, 0.2) is 47.5 Å². The molecule has 2 aromatic rings. The van der Waals surface area contributed by atoms with Crippen molar-refractivity contribution in [1.29, 1.82) is 0 Å². The zero-order valence-electron chi connectivity index (χ0n) is 14.1. The smallest absolute Gasteiger partial charge is 0.259 e. The van der Waals surface area contributed by atoms with Crippen LogP contribution in [0.1, 0.15) is 28.9 Å². The van der Waals surface area contributed by atoms with Crippen LogP contribution in [0.5, 0.6) is 5.88 Å². The van der Waals surface area contributed by atoms with Crippen LogP contribution in [0.3, 0.4) is 0 Å². The fraction of sp³-hybridized carbons (Fsp3) is 0.294. The molecule has 1 aromatic heterocycles. The van der Waals surface area contributed by atoms with Crippen molar-refractivity contribution >= 4 is 15.7 Å². The van der Waals surface area contributed by atoms with Gasteiger partial charge >= 0.3 is 0 Å². The summed E-state index contributed by atoms with van der Waals surface area (Å²) in [6, 6.07) is 9.61. The first kappa shape index (κ1) is 17.9. The first-order chi connectivity index (χ1) is 11.3. The molecule has 0 aliphatic heterocycles. The maximum absolute atomic E-state index is 12.7. The summed E-state index contributed by atoms with van der Waals surface area (Å²) in [5, 5.41) is 0. The average molecular weight is 348 g/mol. The molecule has 128 valence electrons. The van der Waals surface area contributed by atoms with Crippen molar-refractivity contribution in [1.82, 2.24) is 9.88 Å². The number of sulfone groups is 1. The molecular formula is C17H20N2O4S. The first-order valence-electron chi connectivity index (χ1n) is 7.32. The number of methoxy groups -OCH3 is 1. The Labute approximate surface area is 142 Å². The Morgan fingerprint density at radius 3 is 2.38 bits per heavy atom. The van der Waals surface area contributed by atoms with Crippen LogP contribution < -0.4 is 4.74 Å². The number of carbonyl (C=O) groups excluding carboxylic acids is 1. The van der Waals surface area contributed by atoms with E-state index in [1.54, 1.807) is 54.5 Å². The molecule has 1 atom stereocenters. The standard InChI is InChI=1S/C17H20N2O4S/c1-12(13-7-9-14(10-8-13)24(4,21)22)19(2)17(20)15-6-5-11-18-16(15)23-3/h5-12H,1-4H3. The van der Waals surface area contributed by atoms with E-state index in [1.165, 1.54) is 7.11 Å². The van der Waals surface area contributed by atoms with Gasteiger partial charge in [0.2, 0.25) is 5.88 Å². The van der Waals surface area contributed by atoms with Crippen molar-refractivity contribution in [2.24, 2.45) is 0 Å². The summed E-state index contributed by atoms with van der Waals surface area (Å²) in [5.74, 6) is 0.0496. The molecule has 2 rings (SSSR count). The van der Waals surface area contributed by atoms with Crippen LogP contribution in [-0.4, -0.2) is 44.6 Å². The molecule has 0 fully saturated rings. The van der Waals surface area contributed by atoms with Gasteiger partial charge in [-0.3, -0.25) is 4.79 Å². The Kier molecular flexibility index (Phi) is 5.23. The lowest BCUT2D eigenvalue weighted by Crippen LogP contribution is -2.30. The molecule has 6 nitrogen and oxygen atoms in total. The molecule has 7 heteroatoms. The average Bonchev–Trinajstić information content (AvgIpc) is 2.59. The van der Waals surface area contributed by atoms with Gasteiger partial charge in [-0.1, -0.05) is 12.1 Å². The number of ether oxygens (including phenoxy) is 1. The van der Waals surface area contributed by atoms with E-state index >= 15 is 0 Å². The second-order valence-corrected chi connectivity index (χ2v) is 7.51. The van der Waals surface area contributed by atoms with Gasteiger partial charge < -0.3 is 9.64 Å². The van der Waals surface area contributed by atoms with E-state index in [4.69, 9.17) is 4.74 Å². The summed E-state index contributed by atoms with van der Waals surface area (Å²) in [6.07, 6.45) is 2.72. The third kappa shape index (κ3) is 3.73. The fourth-order valence-electron chi connectivity index (χ4n) is 2.30. The molecule has 0 aliphatic rings. The Morgan fingerprint density at radius 2 is 1.83 bits per heavy atom. The Morgan fingerprint density at radius 1 is 1.21 bits per heavy atom. The Balaban J connectivity index is 2.25. The van der Waals surface area contributed by atoms with E-state index in [0.29, 0.717) is 5.56 Å². The Hall–Kier alpha value is -2.41. The van der Waals surface area contributed by atoms with E-state index in [-0.39, 0.29) is 22.7 Å². The second-order valence-electron chi connectivity index (χ2n) is 5.49. The number of hydrogen-bond donors (Lipinski definition) is 0. The van der Waals surface area contributed by atoms with Crippen molar-refractivity contribution < 1.29 is 17.9 Å². The van der Waals surface area contributed by atoms with Gasteiger partial charge in [-0.2, -0.15) is 0 Å². The number of carbonyl (C=O) groups is 1. The summed E-state index contributed by atoms with van der Waals surface area (Å²) in [5.41, 5.74) is 1.21. The molecule has 24 heavy (non-hydrogen) atoms. The van der Waals surface area contributed by atoms with Gasteiger partial charge in [0.1, 0.15) is 5.56 Å². The lowest BCUT2D eigenvalue weighted by Gasteiger charge is -2.26. The third-order valence-electron chi connectivity index (χ3n) is 3.89. The van der Waals surface area contributed by atoms with Gasteiger partial charge in [0.05, 0.1) is 18.0 Å². The van der Waals surface area contributed by atoms with Crippen LogP contribution in [-0.2, 0) is 9.84 Å². The van der Waals surface area contributed by atoms with E-state index in [2.05, 4.69) is 4.98 Å². The minimum absolute atomic E-state index is 0.223. The largest absolute Gasteiger partial charge is 0.480 e. The highest BCUT2D eigenvalue weighted by Gasteiger charge is 2.22. The summed E-state index contributed by atoms with van der Waals surface area (Å²) in [7, 11) is -0.0900. The van der Waals surface area contributed by atoms with Gasteiger partial charge in [0, 0.05) is 19.5 Å². The number of rotatable bonds is 5. The van der Waals surface area contributed by atoms with Gasteiger partial charge in [-0.25, -0.2) is 13.4 Å². The molecule has 1 amide bonds.